The van der Waals surface area contributed by atoms with E-state index in [9.17, 15) is 29.3 Å². The average Bonchev–Trinajstić information content (AvgIpc) is 3.54. The zero-order valence-corrected chi connectivity index (χ0v) is 20.8. The highest BCUT2D eigenvalue weighted by molar-refractivity contribution is 7.47. The van der Waals surface area contributed by atoms with Gasteiger partial charge in [-0.3, -0.25) is 34.8 Å². The predicted molar refractivity (Wildman–Crippen MR) is 123 cm³/mol. The van der Waals surface area contributed by atoms with Crippen LogP contribution in [0, 0.1) is 0 Å². The van der Waals surface area contributed by atoms with Crippen LogP contribution < -0.4 is 33.1 Å². The first-order chi connectivity index (χ1) is 18.0. The number of nitrogen functional groups attached to an aromatic ring is 1. The number of rotatable bonds is 8. The highest BCUT2D eigenvalue weighted by Gasteiger charge is 2.49. The van der Waals surface area contributed by atoms with Gasteiger partial charge in [0.1, 0.15) is 49.4 Å². The number of ether oxygens (including phenoxy) is 2. The molecule has 1 amide bonds. The van der Waals surface area contributed by atoms with Gasteiger partial charge in [-0.25, -0.2) is 19.2 Å². The second kappa shape index (κ2) is 10.8. The van der Waals surface area contributed by atoms with E-state index >= 15 is 0 Å². The lowest BCUT2D eigenvalue weighted by Crippen LogP contribution is -2.70. The standard InChI is InChI=1S/C18H30N9O10P/c19-16-22-6-27(18(31)25-16)12-2-8(9(3-28)35-12)37-38(32,33)34-4-10-7(29)1-11(36-10)26-5-21-13-14(26)23-17(20)24-15(13)30/h6-14,17,21,23,28-29H,1-5,20H2,(H,24,30)(H,32,33)(H2,19,25,31)/t7-,8-,9+,10+,11+,12+,13?,14?,17?/m0/s1. The number of nitrogens with zero attached hydrogens (tertiary/aromatic N) is 4. The van der Waals surface area contributed by atoms with Gasteiger partial charge in [0.15, 0.2) is 0 Å². The molecule has 212 valence electrons. The molecule has 1 aromatic rings. The predicted octanol–water partition coefficient (Wildman–Crippen LogP) is -5.00. The summed E-state index contributed by atoms with van der Waals surface area (Å²) in [5.41, 5.74) is 10.4. The van der Waals surface area contributed by atoms with Crippen LogP contribution in [0.3, 0.4) is 0 Å². The molecule has 4 fully saturated rings. The molecule has 1 aromatic heterocycles. The molecular formula is C18H30N9O10P. The van der Waals surface area contributed by atoms with Gasteiger partial charge in [0, 0.05) is 12.8 Å². The molecule has 0 spiro atoms. The number of fused-ring (bicyclic) bond motifs is 1. The number of hydrogen-bond donors (Lipinski definition) is 8. The van der Waals surface area contributed by atoms with Gasteiger partial charge in [0.2, 0.25) is 11.9 Å². The maximum atomic E-state index is 12.7. The summed E-state index contributed by atoms with van der Waals surface area (Å²) >= 11 is 0. The molecule has 0 aromatic carbocycles. The third-order valence-electron chi connectivity index (χ3n) is 6.76. The van der Waals surface area contributed by atoms with Crippen LogP contribution >= 0.6 is 7.82 Å². The normalized spacial score (nSPS) is 39.2. The SMILES string of the molecule is Nc1ncn([C@H]2C[C@H](OP(=O)(O)OC[C@H]3O[C@@H](N4CNC5C(=O)NC(N)NC54)C[C@@H]3O)[C@@H](CO)O2)c(=O)n1. The summed E-state index contributed by atoms with van der Waals surface area (Å²) in [7, 11) is -4.72. The quantitative estimate of drug-likeness (QED) is 0.137. The molecule has 19 nitrogen and oxygen atoms in total. The van der Waals surface area contributed by atoms with Crippen molar-refractivity contribution in [1.82, 2.24) is 35.4 Å². The van der Waals surface area contributed by atoms with Crippen LogP contribution in [-0.2, 0) is 27.9 Å². The Balaban J connectivity index is 1.16. The Hall–Kier alpha value is -2.13. The Bertz CT molecular complexity index is 1140. The van der Waals surface area contributed by atoms with Gasteiger partial charge in [0.25, 0.3) is 0 Å². The van der Waals surface area contributed by atoms with E-state index in [0.717, 1.165) is 10.9 Å². The lowest BCUT2D eigenvalue weighted by Gasteiger charge is -2.37. The van der Waals surface area contributed by atoms with Crippen molar-refractivity contribution in [3.63, 3.8) is 0 Å². The molecule has 4 saturated heterocycles. The van der Waals surface area contributed by atoms with Crippen molar-refractivity contribution in [2.24, 2.45) is 5.73 Å². The van der Waals surface area contributed by atoms with Crippen molar-refractivity contribution >= 4 is 19.7 Å². The molecule has 0 saturated carbocycles. The zero-order valence-electron chi connectivity index (χ0n) is 19.9. The first-order valence-corrected chi connectivity index (χ1v) is 13.3. The number of nitrogens with one attached hydrogen (secondary N) is 3. The second-order valence-electron chi connectivity index (χ2n) is 9.24. The summed E-state index contributed by atoms with van der Waals surface area (Å²) in [6, 6.07) is -0.565. The molecule has 5 heterocycles. The molecule has 10 N–H and O–H groups in total. The molecular weight excluding hydrogens is 533 g/mol. The van der Waals surface area contributed by atoms with Gasteiger partial charge in [-0.2, -0.15) is 4.98 Å². The molecule has 20 heteroatoms. The summed E-state index contributed by atoms with van der Waals surface area (Å²) in [4.78, 5) is 43.5. The highest BCUT2D eigenvalue weighted by atomic mass is 31.2. The number of phosphoric acid groups is 1. The second-order valence-corrected chi connectivity index (χ2v) is 10.7. The highest BCUT2D eigenvalue weighted by Crippen LogP contribution is 2.48. The number of hydrogen-bond acceptors (Lipinski definition) is 16. The maximum Gasteiger partial charge on any atom is 0.472 e. The molecule has 0 radical (unpaired) electrons. The van der Waals surface area contributed by atoms with Crippen LogP contribution in [0.25, 0.3) is 0 Å². The Morgan fingerprint density at radius 2 is 2.00 bits per heavy atom. The lowest BCUT2D eigenvalue weighted by molar-refractivity contribution is -0.130. The van der Waals surface area contributed by atoms with E-state index < -0.39 is 82.1 Å². The minimum Gasteiger partial charge on any atom is -0.394 e. The topological polar surface area (TPSA) is 271 Å². The Labute approximate surface area is 215 Å². The number of carbonyl (C=O) groups excluding carboxylic acids is 1. The number of amides is 1. The van der Waals surface area contributed by atoms with Crippen LogP contribution in [0.4, 0.5) is 5.95 Å². The average molecular weight is 563 g/mol. The van der Waals surface area contributed by atoms with Gasteiger partial charge in [-0.15, -0.1) is 0 Å². The molecule has 4 aliphatic heterocycles. The number of phosphoric ester groups is 1. The van der Waals surface area contributed by atoms with Gasteiger partial charge < -0.3 is 35.6 Å². The largest absolute Gasteiger partial charge is 0.472 e. The minimum absolute atomic E-state index is 0.0931. The van der Waals surface area contributed by atoms with E-state index in [1.165, 1.54) is 0 Å². The summed E-state index contributed by atoms with van der Waals surface area (Å²) in [5, 5.41) is 28.8. The molecule has 0 aliphatic carbocycles. The first-order valence-electron chi connectivity index (χ1n) is 11.8. The minimum atomic E-state index is -4.72. The zero-order chi connectivity index (χ0) is 27.2. The number of aliphatic hydroxyl groups is 2. The van der Waals surface area contributed by atoms with Crippen molar-refractivity contribution in [2.75, 3.05) is 25.6 Å². The lowest BCUT2D eigenvalue weighted by atomic mass is 10.1. The van der Waals surface area contributed by atoms with Crippen molar-refractivity contribution in [2.45, 2.75) is 68.2 Å². The molecule has 4 aliphatic rings. The molecule has 10 atom stereocenters. The first kappa shape index (κ1) is 27.4. The van der Waals surface area contributed by atoms with E-state index in [2.05, 4.69) is 25.9 Å². The van der Waals surface area contributed by atoms with Crippen molar-refractivity contribution in [3.05, 3.63) is 16.8 Å². The monoisotopic (exact) mass is 563 g/mol. The van der Waals surface area contributed by atoms with Crippen LogP contribution in [-0.4, -0.2) is 109 Å². The summed E-state index contributed by atoms with van der Waals surface area (Å²) in [6.07, 6.45) is -5.84. The van der Waals surface area contributed by atoms with Gasteiger partial charge in [-0.1, -0.05) is 0 Å². The van der Waals surface area contributed by atoms with Gasteiger partial charge in [0.05, 0.1) is 32.2 Å². The Morgan fingerprint density at radius 1 is 1.24 bits per heavy atom. The van der Waals surface area contributed by atoms with Crippen LogP contribution in [0.1, 0.15) is 19.1 Å². The van der Waals surface area contributed by atoms with E-state index in [1.54, 1.807) is 4.90 Å². The smallest absolute Gasteiger partial charge is 0.394 e. The Morgan fingerprint density at radius 3 is 2.74 bits per heavy atom. The van der Waals surface area contributed by atoms with Crippen LogP contribution in [0.15, 0.2) is 11.1 Å². The molecule has 38 heavy (non-hydrogen) atoms. The van der Waals surface area contributed by atoms with Crippen molar-refractivity contribution in [3.8, 4) is 0 Å². The number of aromatic nitrogens is 3. The number of aliphatic hydroxyl groups excluding tert-OH is 2. The van der Waals surface area contributed by atoms with E-state index in [4.69, 9.17) is 30.0 Å². The number of nitrogens with two attached hydrogens (primary N) is 2. The number of anilines is 1. The summed E-state index contributed by atoms with van der Waals surface area (Å²) in [5.74, 6) is -0.499. The van der Waals surface area contributed by atoms with E-state index in [-0.39, 0.29) is 31.4 Å². The molecule has 4 unspecified atom stereocenters. The van der Waals surface area contributed by atoms with Crippen LogP contribution in [0.5, 0.6) is 0 Å². The maximum absolute atomic E-state index is 12.7. The van der Waals surface area contributed by atoms with E-state index in [1.807, 2.05) is 0 Å². The number of carbonyl (C=O) groups is 1. The fourth-order valence-corrected chi connectivity index (χ4v) is 5.88. The Kier molecular flexibility index (Phi) is 7.80. The summed E-state index contributed by atoms with van der Waals surface area (Å²) in [6.45, 7) is -0.775. The molecule has 5 rings (SSSR count). The van der Waals surface area contributed by atoms with E-state index in [0.29, 0.717) is 0 Å². The van der Waals surface area contributed by atoms with Crippen LogP contribution in [0.2, 0.25) is 0 Å². The third kappa shape index (κ3) is 5.60. The van der Waals surface area contributed by atoms with Crippen molar-refractivity contribution in [1.29, 1.82) is 0 Å². The summed E-state index contributed by atoms with van der Waals surface area (Å²) < 4.78 is 35.5. The van der Waals surface area contributed by atoms with Gasteiger partial charge in [-0.05, 0) is 0 Å². The van der Waals surface area contributed by atoms with Gasteiger partial charge >= 0.3 is 13.5 Å². The third-order valence-corrected chi connectivity index (χ3v) is 7.77. The van der Waals surface area contributed by atoms with Crippen molar-refractivity contribution < 1.29 is 43.0 Å². The fourth-order valence-electron chi connectivity index (χ4n) is 4.92. The fraction of sp³-hybridized carbons (Fsp3) is 0.778. The molecule has 0 bridgehead atoms.